The van der Waals surface area contributed by atoms with Crippen LogP contribution in [0.5, 0.6) is 0 Å². The first-order chi connectivity index (χ1) is 16.2. The second-order valence-electron chi connectivity index (χ2n) is 6.68. The minimum absolute atomic E-state index is 0.123. The maximum atomic E-state index is 12.2. The fourth-order valence-electron chi connectivity index (χ4n) is 2.34. The van der Waals surface area contributed by atoms with Gasteiger partial charge in [-0.2, -0.15) is 19.6 Å². The molecule has 0 aliphatic carbocycles. The Bertz CT molecular complexity index is 1260. The van der Waals surface area contributed by atoms with Gasteiger partial charge in [-0.3, -0.25) is 5.32 Å². The Morgan fingerprint density at radius 3 is 2.76 bits per heavy atom. The number of hydrogen-bond acceptors (Lipinski definition) is 14. The van der Waals surface area contributed by atoms with Gasteiger partial charge in [0.15, 0.2) is 11.5 Å². The molecule has 0 spiro atoms. The van der Waals surface area contributed by atoms with Crippen molar-refractivity contribution in [1.29, 1.82) is 0 Å². The van der Waals surface area contributed by atoms with E-state index in [1.54, 1.807) is 13.8 Å². The summed E-state index contributed by atoms with van der Waals surface area (Å²) >= 11 is 0. The van der Waals surface area contributed by atoms with Gasteiger partial charge in [-0.05, 0) is 20.3 Å². The van der Waals surface area contributed by atoms with E-state index in [9.17, 15) is 13.2 Å². The Morgan fingerprint density at radius 2 is 2.12 bits per heavy atom. The third-order valence-corrected chi connectivity index (χ3v) is 4.46. The largest absolute Gasteiger partial charge is 0.447 e. The second-order valence-corrected chi connectivity index (χ2v) is 8.16. The van der Waals surface area contributed by atoms with Crippen LogP contribution >= 0.6 is 0 Å². The normalized spacial score (nSPS) is 11.8. The molecule has 0 aromatic carbocycles. The van der Waals surface area contributed by atoms with Gasteiger partial charge in [0, 0.05) is 13.2 Å². The number of aromatic nitrogens is 6. The van der Waals surface area contributed by atoms with E-state index < -0.39 is 33.2 Å². The van der Waals surface area contributed by atoms with E-state index in [0.29, 0.717) is 6.42 Å². The van der Waals surface area contributed by atoms with Crippen LogP contribution in [0.25, 0.3) is 6.01 Å². The van der Waals surface area contributed by atoms with E-state index in [4.69, 9.17) is 19.4 Å². The molecule has 0 radical (unpaired) electrons. The number of hydrogen-bond donors (Lipinski definition) is 4. The maximum absolute atomic E-state index is 12.2. The van der Waals surface area contributed by atoms with Crippen molar-refractivity contribution in [1.82, 2.24) is 29.7 Å². The number of nitrogens with one attached hydrogen (secondary N) is 2. The van der Waals surface area contributed by atoms with Crippen molar-refractivity contribution in [3.8, 4) is 6.01 Å². The molecule has 3 aromatic heterocycles. The van der Waals surface area contributed by atoms with Gasteiger partial charge in [0.25, 0.3) is 16.0 Å². The highest BCUT2D eigenvalue weighted by Gasteiger charge is 2.24. The topological polar surface area (TPSA) is 238 Å². The van der Waals surface area contributed by atoms with E-state index in [0.717, 1.165) is 0 Å². The number of azo groups is 1. The number of carbonyl (C=O) groups excluding carboxylic acids is 1. The SMILES string of the molecule is CC(C)OC(=O)Nc1nc(NCCCO)c(N=Nc2ncn(-c3ncco3)n2)c(S(N)(=O)=O)n1. The predicted molar refractivity (Wildman–Crippen MR) is 114 cm³/mol. The van der Waals surface area contributed by atoms with Crippen LogP contribution in [0, 0.1) is 0 Å². The summed E-state index contributed by atoms with van der Waals surface area (Å²) in [5.74, 6) is -0.711. The number of primary sulfonamides is 1. The molecule has 0 aliphatic heterocycles. The Hall–Kier alpha value is -4.03. The van der Waals surface area contributed by atoms with Gasteiger partial charge < -0.3 is 19.6 Å². The predicted octanol–water partition coefficient (Wildman–Crippen LogP) is 0.859. The zero-order valence-electron chi connectivity index (χ0n) is 18.0. The molecule has 3 rings (SSSR count). The van der Waals surface area contributed by atoms with Crippen molar-refractivity contribution >= 4 is 39.5 Å². The number of carbonyl (C=O) groups is 1. The first-order valence-electron chi connectivity index (χ1n) is 9.68. The standard InChI is InChI=1S/C16H21N11O6S/c1-9(2)33-16(29)23-14-21-11(18-4-3-6-28)10(12(22-14)34(17,30)31)24-25-13-20-8-27(26-13)15-19-5-7-32-15/h5,7-9,28H,3-4,6H2,1-2H3,(H2,17,30,31)(H2,18,21,22,23,29). The van der Waals surface area contributed by atoms with Crippen LogP contribution in [0.2, 0.25) is 0 Å². The quantitative estimate of drug-likeness (QED) is 0.174. The average Bonchev–Trinajstić information content (AvgIpc) is 3.43. The summed E-state index contributed by atoms with van der Waals surface area (Å²) in [5, 5.41) is 30.3. The number of aliphatic hydroxyl groups is 1. The Kier molecular flexibility index (Phi) is 7.76. The molecule has 1 amide bonds. The molecule has 3 heterocycles. The molecule has 5 N–H and O–H groups in total. The number of nitrogens with zero attached hydrogens (tertiary/aromatic N) is 8. The van der Waals surface area contributed by atoms with E-state index in [2.05, 4.69) is 45.9 Å². The van der Waals surface area contributed by atoms with Gasteiger partial charge >= 0.3 is 12.1 Å². The molecule has 0 fully saturated rings. The van der Waals surface area contributed by atoms with Gasteiger partial charge in [0.2, 0.25) is 11.0 Å². The summed E-state index contributed by atoms with van der Waals surface area (Å²) in [6.07, 6.45) is 2.94. The summed E-state index contributed by atoms with van der Waals surface area (Å²) in [6.45, 7) is 3.27. The van der Waals surface area contributed by atoms with Crippen molar-refractivity contribution in [3.63, 3.8) is 0 Å². The van der Waals surface area contributed by atoms with Gasteiger partial charge in [-0.15, -0.1) is 15.3 Å². The van der Waals surface area contributed by atoms with Crippen molar-refractivity contribution in [2.24, 2.45) is 15.4 Å². The Labute approximate surface area is 192 Å². The minimum Gasteiger partial charge on any atom is -0.447 e. The lowest BCUT2D eigenvalue weighted by Gasteiger charge is -2.13. The zero-order chi connectivity index (χ0) is 24.7. The molecule has 182 valence electrons. The zero-order valence-corrected chi connectivity index (χ0v) is 18.8. The molecule has 18 heteroatoms. The minimum atomic E-state index is -4.46. The van der Waals surface area contributed by atoms with Gasteiger partial charge in [0.05, 0.1) is 12.3 Å². The van der Waals surface area contributed by atoms with Crippen LogP contribution in [0.15, 0.2) is 38.5 Å². The van der Waals surface area contributed by atoms with Crippen molar-refractivity contribution in [2.45, 2.75) is 31.4 Å². The fourth-order valence-corrected chi connectivity index (χ4v) is 2.96. The molecule has 0 bridgehead atoms. The van der Waals surface area contributed by atoms with Crippen LogP contribution in [0.3, 0.4) is 0 Å². The first kappa shape index (κ1) is 24.6. The van der Waals surface area contributed by atoms with Crippen LogP contribution in [0.1, 0.15) is 20.3 Å². The summed E-state index contributed by atoms with van der Waals surface area (Å²) in [4.78, 5) is 27.6. The lowest BCUT2D eigenvalue weighted by Crippen LogP contribution is -2.22. The number of rotatable bonds is 10. The van der Waals surface area contributed by atoms with E-state index >= 15 is 0 Å². The van der Waals surface area contributed by atoms with Crippen molar-refractivity contribution in [3.05, 3.63) is 18.8 Å². The molecule has 0 atom stereocenters. The average molecular weight is 495 g/mol. The molecule has 0 saturated heterocycles. The number of aliphatic hydroxyl groups excluding tert-OH is 1. The number of sulfonamides is 1. The highest BCUT2D eigenvalue weighted by molar-refractivity contribution is 7.89. The van der Waals surface area contributed by atoms with Gasteiger partial charge in [-0.1, -0.05) is 0 Å². The maximum Gasteiger partial charge on any atom is 0.414 e. The molecule has 0 saturated carbocycles. The smallest absolute Gasteiger partial charge is 0.414 e. The second kappa shape index (κ2) is 10.7. The summed E-state index contributed by atoms with van der Waals surface area (Å²) in [5.41, 5.74) is -0.365. The third-order valence-electron chi connectivity index (χ3n) is 3.64. The monoisotopic (exact) mass is 495 g/mol. The Balaban J connectivity index is 2.00. The lowest BCUT2D eigenvalue weighted by atomic mass is 10.4. The number of anilines is 2. The molecular formula is C16H21N11O6S. The highest BCUT2D eigenvalue weighted by Crippen LogP contribution is 2.32. The van der Waals surface area contributed by atoms with Crippen molar-refractivity contribution in [2.75, 3.05) is 23.8 Å². The van der Waals surface area contributed by atoms with Gasteiger partial charge in [-0.25, -0.2) is 23.3 Å². The number of oxazole rings is 1. The van der Waals surface area contributed by atoms with Crippen LogP contribution < -0.4 is 15.8 Å². The fraction of sp³-hybridized carbons (Fsp3) is 0.375. The van der Waals surface area contributed by atoms with Gasteiger partial charge in [0.1, 0.15) is 12.6 Å². The highest BCUT2D eigenvalue weighted by atomic mass is 32.2. The van der Waals surface area contributed by atoms with Crippen molar-refractivity contribution < 1.29 is 27.5 Å². The molecular weight excluding hydrogens is 474 g/mol. The van der Waals surface area contributed by atoms with E-state index in [-0.39, 0.29) is 36.6 Å². The molecule has 0 unspecified atom stereocenters. The summed E-state index contributed by atoms with van der Waals surface area (Å²) in [7, 11) is -4.46. The molecule has 0 aliphatic rings. The lowest BCUT2D eigenvalue weighted by molar-refractivity contribution is 0.129. The molecule has 17 nitrogen and oxygen atoms in total. The third kappa shape index (κ3) is 6.49. The summed E-state index contributed by atoms with van der Waals surface area (Å²) < 4.78 is 35.7. The molecule has 3 aromatic rings. The van der Waals surface area contributed by atoms with E-state index in [1.807, 2.05) is 0 Å². The Morgan fingerprint density at radius 1 is 1.32 bits per heavy atom. The number of ether oxygens (including phenoxy) is 1. The first-order valence-corrected chi connectivity index (χ1v) is 11.2. The summed E-state index contributed by atoms with van der Waals surface area (Å²) in [6, 6.07) is 0.123. The van der Waals surface area contributed by atoms with Crippen LogP contribution in [-0.4, -0.2) is 68.6 Å². The van der Waals surface area contributed by atoms with E-state index in [1.165, 1.54) is 23.5 Å². The number of nitrogens with two attached hydrogens (primary N) is 1. The van der Waals surface area contributed by atoms with Crippen LogP contribution in [-0.2, 0) is 14.8 Å². The number of amides is 1. The van der Waals surface area contributed by atoms with Crippen LogP contribution in [0.4, 0.5) is 28.2 Å². The molecule has 34 heavy (non-hydrogen) atoms.